The van der Waals surface area contributed by atoms with Crippen molar-refractivity contribution in [1.29, 1.82) is 0 Å². The zero-order valence-electron chi connectivity index (χ0n) is 18.7. The van der Waals surface area contributed by atoms with E-state index in [1.54, 1.807) is 18.2 Å². The molecular formula is C25H24N4O4. The highest BCUT2D eigenvalue weighted by Crippen LogP contribution is 2.34. The van der Waals surface area contributed by atoms with Crippen molar-refractivity contribution in [2.45, 2.75) is 27.2 Å². The first-order valence-electron chi connectivity index (χ1n) is 10.8. The normalized spacial score (nSPS) is 12.2. The van der Waals surface area contributed by atoms with Crippen LogP contribution in [0.4, 0.5) is 5.69 Å². The molecule has 8 nitrogen and oxygen atoms in total. The molecule has 0 spiro atoms. The van der Waals surface area contributed by atoms with Crippen molar-refractivity contribution >= 4 is 22.6 Å². The number of benzene rings is 2. The number of hydrogen-bond donors (Lipinski definition) is 1. The molecule has 5 rings (SSSR count). The van der Waals surface area contributed by atoms with Gasteiger partial charge in [0.25, 0.3) is 5.91 Å². The van der Waals surface area contributed by atoms with Crippen LogP contribution in [-0.4, -0.2) is 34.1 Å². The Morgan fingerprint density at radius 3 is 2.67 bits per heavy atom. The summed E-state index contributed by atoms with van der Waals surface area (Å²) in [5.74, 6) is 1.33. The van der Waals surface area contributed by atoms with Gasteiger partial charge in [0.2, 0.25) is 12.7 Å². The highest BCUT2D eigenvalue weighted by molar-refractivity contribution is 5.92. The molecule has 1 N–H and O–H groups in total. The first-order valence-corrected chi connectivity index (χ1v) is 10.8. The van der Waals surface area contributed by atoms with Crippen LogP contribution in [0, 0.1) is 13.8 Å². The third kappa shape index (κ3) is 4.07. The number of rotatable bonds is 6. The summed E-state index contributed by atoms with van der Waals surface area (Å²) in [6, 6.07) is 15.3. The predicted octanol–water partition coefficient (Wildman–Crippen LogP) is 4.35. The fourth-order valence-electron chi connectivity index (χ4n) is 3.91. The van der Waals surface area contributed by atoms with E-state index < -0.39 is 0 Å². The predicted molar refractivity (Wildman–Crippen MR) is 124 cm³/mol. The molecule has 33 heavy (non-hydrogen) atoms. The summed E-state index contributed by atoms with van der Waals surface area (Å²) in [5, 5.41) is 8.47. The smallest absolute Gasteiger partial charge is 0.262 e. The number of aryl methyl sites for hydroxylation is 3. The van der Waals surface area contributed by atoms with Crippen molar-refractivity contribution in [3.8, 4) is 23.1 Å². The van der Waals surface area contributed by atoms with Crippen LogP contribution in [0.2, 0.25) is 0 Å². The molecule has 0 bridgehead atoms. The molecular weight excluding hydrogens is 420 g/mol. The summed E-state index contributed by atoms with van der Waals surface area (Å²) in [4.78, 5) is 17.1. The molecule has 2 aromatic heterocycles. The van der Waals surface area contributed by atoms with Crippen molar-refractivity contribution in [2.75, 3.05) is 18.7 Å². The van der Waals surface area contributed by atoms with Crippen LogP contribution in [0.3, 0.4) is 0 Å². The molecule has 0 atom stereocenters. The van der Waals surface area contributed by atoms with E-state index in [2.05, 4.69) is 29.4 Å². The van der Waals surface area contributed by atoms with Crippen LogP contribution in [0.25, 0.3) is 16.7 Å². The minimum Gasteiger partial charge on any atom is -0.467 e. The number of nitrogens with zero attached hydrogens (tertiary/aromatic N) is 3. The Bertz CT molecular complexity index is 1350. The van der Waals surface area contributed by atoms with Gasteiger partial charge in [-0.05, 0) is 55.7 Å². The number of hydrogen-bond acceptors (Lipinski definition) is 6. The number of amides is 1. The largest absolute Gasteiger partial charge is 0.467 e. The Labute approximate surface area is 191 Å². The van der Waals surface area contributed by atoms with Crippen molar-refractivity contribution in [3.63, 3.8) is 0 Å². The SMILES string of the molecule is CCc1ccc(-n2nc(C)c3c(C)cc(OCC(=O)Nc4ccc5c(c4)OCO5)nc32)cc1. The van der Waals surface area contributed by atoms with Crippen LogP contribution in [0.1, 0.15) is 23.7 Å². The molecule has 0 aliphatic carbocycles. The van der Waals surface area contributed by atoms with Gasteiger partial charge in [-0.15, -0.1) is 0 Å². The lowest BCUT2D eigenvalue weighted by atomic mass is 10.1. The minimum absolute atomic E-state index is 0.176. The van der Waals surface area contributed by atoms with Crippen molar-refractivity contribution < 1.29 is 19.0 Å². The topological polar surface area (TPSA) is 87.5 Å². The van der Waals surface area contributed by atoms with Gasteiger partial charge in [-0.2, -0.15) is 10.1 Å². The number of aromatic nitrogens is 3. The van der Waals surface area contributed by atoms with E-state index in [4.69, 9.17) is 19.3 Å². The highest BCUT2D eigenvalue weighted by atomic mass is 16.7. The molecule has 4 aromatic rings. The number of anilines is 1. The summed E-state index contributed by atoms with van der Waals surface area (Å²) in [6.07, 6.45) is 0.975. The summed E-state index contributed by atoms with van der Waals surface area (Å²) >= 11 is 0. The van der Waals surface area contributed by atoms with Crippen molar-refractivity contribution in [3.05, 3.63) is 65.4 Å². The second-order valence-corrected chi connectivity index (χ2v) is 7.90. The summed E-state index contributed by atoms with van der Waals surface area (Å²) < 4.78 is 18.2. The van der Waals surface area contributed by atoms with Gasteiger partial charge >= 0.3 is 0 Å². The highest BCUT2D eigenvalue weighted by Gasteiger charge is 2.17. The van der Waals surface area contributed by atoms with E-state index in [1.165, 1.54) is 5.56 Å². The van der Waals surface area contributed by atoms with Gasteiger partial charge in [-0.1, -0.05) is 19.1 Å². The van der Waals surface area contributed by atoms with Gasteiger partial charge in [-0.3, -0.25) is 4.79 Å². The quantitative estimate of drug-likeness (QED) is 0.476. The fraction of sp³-hybridized carbons (Fsp3) is 0.240. The number of pyridine rings is 1. The fourth-order valence-corrected chi connectivity index (χ4v) is 3.91. The summed E-state index contributed by atoms with van der Waals surface area (Å²) in [6.45, 7) is 6.09. The molecule has 1 aliphatic heterocycles. The van der Waals surface area contributed by atoms with Gasteiger partial charge in [-0.25, -0.2) is 4.68 Å². The molecule has 0 saturated carbocycles. The lowest BCUT2D eigenvalue weighted by Gasteiger charge is -2.10. The Kier molecular flexibility index (Phi) is 5.34. The van der Waals surface area contributed by atoms with Gasteiger partial charge in [0.15, 0.2) is 23.8 Å². The van der Waals surface area contributed by atoms with Crippen LogP contribution < -0.4 is 19.5 Å². The average Bonchev–Trinajstić information content (AvgIpc) is 3.42. The zero-order chi connectivity index (χ0) is 22.9. The molecule has 0 saturated heterocycles. The van der Waals surface area contributed by atoms with Gasteiger partial charge in [0.05, 0.1) is 11.4 Å². The maximum absolute atomic E-state index is 12.4. The molecule has 168 valence electrons. The molecule has 1 aliphatic rings. The van der Waals surface area contributed by atoms with E-state index >= 15 is 0 Å². The monoisotopic (exact) mass is 444 g/mol. The Hall–Kier alpha value is -4.07. The molecule has 8 heteroatoms. The van der Waals surface area contributed by atoms with Crippen LogP contribution >= 0.6 is 0 Å². The van der Waals surface area contributed by atoms with E-state index in [9.17, 15) is 4.79 Å². The Morgan fingerprint density at radius 1 is 1.09 bits per heavy atom. The number of nitrogens with one attached hydrogen (secondary N) is 1. The second kappa shape index (κ2) is 8.46. The molecule has 0 unspecified atom stereocenters. The van der Waals surface area contributed by atoms with Crippen LogP contribution in [-0.2, 0) is 11.2 Å². The van der Waals surface area contributed by atoms with E-state index in [1.807, 2.05) is 36.7 Å². The van der Waals surface area contributed by atoms with E-state index in [0.717, 1.165) is 28.8 Å². The van der Waals surface area contributed by atoms with Crippen molar-refractivity contribution in [1.82, 2.24) is 14.8 Å². The van der Waals surface area contributed by atoms with Crippen LogP contribution in [0.5, 0.6) is 17.4 Å². The molecule has 2 aromatic carbocycles. The van der Waals surface area contributed by atoms with E-state index in [-0.39, 0.29) is 19.3 Å². The van der Waals surface area contributed by atoms with Crippen molar-refractivity contribution in [2.24, 2.45) is 0 Å². The van der Waals surface area contributed by atoms with Gasteiger partial charge in [0, 0.05) is 23.2 Å². The molecule has 0 radical (unpaired) electrons. The molecule has 3 heterocycles. The number of ether oxygens (including phenoxy) is 3. The maximum Gasteiger partial charge on any atom is 0.262 e. The average molecular weight is 444 g/mol. The second-order valence-electron chi connectivity index (χ2n) is 7.90. The van der Waals surface area contributed by atoms with Gasteiger partial charge < -0.3 is 19.5 Å². The van der Waals surface area contributed by atoms with Gasteiger partial charge in [0.1, 0.15) is 0 Å². The zero-order valence-corrected chi connectivity index (χ0v) is 18.7. The lowest BCUT2D eigenvalue weighted by molar-refractivity contribution is -0.118. The Balaban J connectivity index is 1.35. The third-order valence-electron chi connectivity index (χ3n) is 5.58. The first-order chi connectivity index (χ1) is 16.0. The van der Waals surface area contributed by atoms with Crippen LogP contribution in [0.15, 0.2) is 48.5 Å². The first kappa shape index (κ1) is 20.8. The number of carbonyl (C=O) groups is 1. The third-order valence-corrected chi connectivity index (χ3v) is 5.58. The maximum atomic E-state index is 12.4. The van der Waals surface area contributed by atoms with E-state index in [0.29, 0.717) is 28.7 Å². The Morgan fingerprint density at radius 2 is 1.88 bits per heavy atom. The number of carbonyl (C=O) groups excluding carboxylic acids is 1. The standard InChI is InChI=1S/C25H24N4O4/c1-4-17-5-8-19(9-6-17)29-25-24(16(3)28-29)15(2)11-23(27-25)31-13-22(30)26-18-7-10-20-21(12-18)33-14-32-20/h5-12H,4,13-14H2,1-3H3,(H,26,30). The molecule has 1 amide bonds. The summed E-state index contributed by atoms with van der Waals surface area (Å²) in [7, 11) is 0. The lowest BCUT2D eigenvalue weighted by Crippen LogP contribution is -2.20. The number of fused-ring (bicyclic) bond motifs is 2. The summed E-state index contributed by atoms with van der Waals surface area (Å²) in [5.41, 5.74) is 5.37. The molecule has 0 fully saturated rings. The minimum atomic E-state index is -0.298.